The molecule has 150 valence electrons. The summed E-state index contributed by atoms with van der Waals surface area (Å²) >= 11 is 0. The molecule has 3 heterocycles. The number of hydrogen-bond acceptors (Lipinski definition) is 6. The number of hydrogen-bond donors (Lipinski definition) is 2. The Bertz CT molecular complexity index is 1260. The minimum atomic E-state index is -0.172. The lowest BCUT2D eigenvalue weighted by molar-refractivity contribution is -0.115. The molecule has 8 heteroatoms. The molecule has 0 radical (unpaired) electrons. The number of benzene rings is 1. The molecule has 0 aliphatic rings. The highest BCUT2D eigenvalue weighted by atomic mass is 16.5. The predicted octanol–water partition coefficient (Wildman–Crippen LogP) is 3.96. The van der Waals surface area contributed by atoms with Gasteiger partial charge < -0.3 is 9.84 Å². The average Bonchev–Trinajstić information content (AvgIpc) is 3.34. The summed E-state index contributed by atoms with van der Waals surface area (Å²) in [7, 11) is 0. The molecule has 0 unspecified atom stereocenters. The van der Waals surface area contributed by atoms with Crippen molar-refractivity contribution in [2.45, 2.75) is 32.6 Å². The van der Waals surface area contributed by atoms with Crippen molar-refractivity contribution in [1.29, 1.82) is 5.26 Å². The van der Waals surface area contributed by atoms with Crippen molar-refractivity contribution < 1.29 is 9.32 Å². The van der Waals surface area contributed by atoms with Gasteiger partial charge in [-0.3, -0.25) is 9.89 Å². The Labute approximate surface area is 172 Å². The monoisotopic (exact) mass is 400 g/mol. The van der Waals surface area contributed by atoms with Crippen LogP contribution in [-0.2, 0) is 16.6 Å². The molecule has 0 aliphatic heterocycles. The summed E-state index contributed by atoms with van der Waals surface area (Å²) < 4.78 is 5.29. The summed E-state index contributed by atoms with van der Waals surface area (Å²) in [6.07, 6.45) is 1.93. The zero-order chi connectivity index (χ0) is 21.3. The molecule has 4 aromatic rings. The van der Waals surface area contributed by atoms with E-state index in [-0.39, 0.29) is 17.7 Å². The predicted molar refractivity (Wildman–Crippen MR) is 112 cm³/mol. The third-order valence-corrected chi connectivity index (χ3v) is 4.69. The van der Waals surface area contributed by atoms with Crippen molar-refractivity contribution in [3.05, 3.63) is 59.6 Å². The van der Waals surface area contributed by atoms with Crippen molar-refractivity contribution >= 4 is 22.8 Å². The largest absolute Gasteiger partial charge is 0.359 e. The molecule has 0 atom stereocenters. The van der Waals surface area contributed by atoms with Gasteiger partial charge in [-0.2, -0.15) is 10.4 Å². The van der Waals surface area contributed by atoms with Crippen LogP contribution >= 0.6 is 0 Å². The number of pyridine rings is 1. The van der Waals surface area contributed by atoms with E-state index in [2.05, 4.69) is 31.7 Å². The molecule has 2 N–H and O–H groups in total. The third kappa shape index (κ3) is 3.91. The zero-order valence-electron chi connectivity index (χ0n) is 16.9. The molecule has 0 spiro atoms. The standard InChI is InChI=1S/C22H20N6O2/c1-22(2,3)18-10-19(28-30-18)25-20(29)8-13-4-6-14(7-5-13)15-9-16-17(11-23)26-27-21(16)24-12-15/h4-7,9-10,12H,8H2,1-3H3,(H,24,26,27)(H,25,28,29). The van der Waals surface area contributed by atoms with E-state index in [0.717, 1.165) is 16.7 Å². The summed E-state index contributed by atoms with van der Waals surface area (Å²) in [5.41, 5.74) is 3.39. The second-order valence-electron chi connectivity index (χ2n) is 8.05. The van der Waals surface area contributed by atoms with Gasteiger partial charge in [-0.1, -0.05) is 50.2 Å². The number of anilines is 1. The van der Waals surface area contributed by atoms with E-state index in [0.29, 0.717) is 28.3 Å². The molecule has 30 heavy (non-hydrogen) atoms. The van der Waals surface area contributed by atoms with E-state index in [9.17, 15) is 4.79 Å². The lowest BCUT2D eigenvalue weighted by Crippen LogP contribution is -2.14. The third-order valence-electron chi connectivity index (χ3n) is 4.69. The topological polar surface area (TPSA) is 120 Å². The maximum atomic E-state index is 12.3. The molecule has 0 saturated heterocycles. The molecule has 0 fully saturated rings. The van der Waals surface area contributed by atoms with Gasteiger partial charge in [0.15, 0.2) is 11.5 Å². The molecule has 0 saturated carbocycles. The van der Waals surface area contributed by atoms with E-state index in [1.54, 1.807) is 12.3 Å². The quantitative estimate of drug-likeness (QED) is 0.535. The molecule has 8 nitrogen and oxygen atoms in total. The Morgan fingerprint density at radius 3 is 2.63 bits per heavy atom. The van der Waals surface area contributed by atoms with Crippen LogP contribution in [0.3, 0.4) is 0 Å². The van der Waals surface area contributed by atoms with Crippen molar-refractivity contribution in [2.24, 2.45) is 0 Å². The highest BCUT2D eigenvalue weighted by Gasteiger charge is 2.20. The number of nitrogens with zero attached hydrogens (tertiary/aromatic N) is 4. The molecular formula is C22H20N6O2. The Morgan fingerprint density at radius 2 is 1.97 bits per heavy atom. The van der Waals surface area contributed by atoms with Crippen molar-refractivity contribution in [1.82, 2.24) is 20.3 Å². The fourth-order valence-corrected chi connectivity index (χ4v) is 3.02. The maximum Gasteiger partial charge on any atom is 0.230 e. The van der Waals surface area contributed by atoms with Gasteiger partial charge in [-0.25, -0.2) is 4.98 Å². The lowest BCUT2D eigenvalue weighted by Gasteiger charge is -2.12. The van der Waals surface area contributed by atoms with Gasteiger partial charge in [-0.05, 0) is 17.2 Å². The minimum absolute atomic E-state index is 0.170. The van der Waals surface area contributed by atoms with Crippen LogP contribution in [0.1, 0.15) is 37.8 Å². The van der Waals surface area contributed by atoms with E-state index in [4.69, 9.17) is 9.78 Å². The Hall–Kier alpha value is -3.99. The first-order chi connectivity index (χ1) is 14.3. The molecular weight excluding hydrogens is 380 g/mol. The first-order valence-electron chi connectivity index (χ1n) is 9.44. The number of amides is 1. The molecule has 1 amide bonds. The van der Waals surface area contributed by atoms with E-state index in [1.165, 1.54) is 0 Å². The van der Waals surface area contributed by atoms with Crippen LogP contribution in [0.15, 0.2) is 47.1 Å². The number of nitrogens with one attached hydrogen (secondary N) is 2. The normalized spacial score (nSPS) is 11.4. The Kier molecular flexibility index (Phi) is 4.80. The average molecular weight is 400 g/mol. The summed E-state index contributed by atoms with van der Waals surface area (Å²) in [6.45, 7) is 6.05. The smallest absolute Gasteiger partial charge is 0.230 e. The van der Waals surface area contributed by atoms with Gasteiger partial charge in [0.05, 0.1) is 11.8 Å². The number of fused-ring (bicyclic) bond motifs is 1. The first kappa shape index (κ1) is 19.3. The van der Waals surface area contributed by atoms with E-state index < -0.39 is 0 Å². The second-order valence-corrected chi connectivity index (χ2v) is 8.05. The molecule has 4 rings (SSSR count). The molecule has 0 bridgehead atoms. The summed E-state index contributed by atoms with van der Waals surface area (Å²) in [4.78, 5) is 16.6. The van der Waals surface area contributed by atoms with Crippen LogP contribution in [0, 0.1) is 11.3 Å². The van der Waals surface area contributed by atoms with Gasteiger partial charge in [0.1, 0.15) is 17.5 Å². The number of rotatable bonds is 4. The van der Waals surface area contributed by atoms with Crippen molar-refractivity contribution in [2.75, 3.05) is 5.32 Å². The van der Waals surface area contributed by atoms with Gasteiger partial charge >= 0.3 is 0 Å². The number of H-pyrrole nitrogens is 1. The van der Waals surface area contributed by atoms with Crippen LogP contribution < -0.4 is 5.32 Å². The number of carbonyl (C=O) groups excluding carboxylic acids is 1. The van der Waals surface area contributed by atoms with E-state index in [1.807, 2.05) is 51.1 Å². The second kappa shape index (κ2) is 7.44. The Morgan fingerprint density at radius 1 is 1.20 bits per heavy atom. The maximum absolute atomic E-state index is 12.3. The van der Waals surface area contributed by atoms with Crippen LogP contribution in [0.25, 0.3) is 22.2 Å². The molecule has 1 aromatic carbocycles. The molecule has 3 aromatic heterocycles. The van der Waals surface area contributed by atoms with Gasteiger partial charge in [0.2, 0.25) is 5.91 Å². The number of aromatic amines is 1. The molecule has 0 aliphatic carbocycles. The first-order valence-corrected chi connectivity index (χ1v) is 9.44. The van der Waals surface area contributed by atoms with Crippen molar-refractivity contribution in [3.63, 3.8) is 0 Å². The zero-order valence-corrected chi connectivity index (χ0v) is 16.9. The summed E-state index contributed by atoms with van der Waals surface area (Å²) in [5.74, 6) is 0.955. The highest BCUT2D eigenvalue weighted by molar-refractivity contribution is 5.91. The van der Waals surface area contributed by atoms with Gasteiger partial charge in [0.25, 0.3) is 0 Å². The minimum Gasteiger partial charge on any atom is -0.359 e. The van der Waals surface area contributed by atoms with E-state index >= 15 is 0 Å². The van der Waals surface area contributed by atoms with Crippen LogP contribution in [0.4, 0.5) is 5.82 Å². The number of aromatic nitrogens is 4. The highest BCUT2D eigenvalue weighted by Crippen LogP contribution is 2.25. The van der Waals surface area contributed by atoms with Gasteiger partial charge in [0, 0.05) is 23.2 Å². The Balaban J connectivity index is 1.45. The summed E-state index contributed by atoms with van der Waals surface area (Å²) in [6, 6.07) is 13.3. The fraction of sp³-hybridized carbons (Fsp3) is 0.227. The number of carbonyl (C=O) groups is 1. The number of nitriles is 1. The summed E-state index contributed by atoms with van der Waals surface area (Å²) in [5, 5.41) is 23.2. The van der Waals surface area contributed by atoms with Crippen molar-refractivity contribution in [3.8, 4) is 17.2 Å². The van der Waals surface area contributed by atoms with Gasteiger partial charge in [-0.15, -0.1) is 0 Å². The van der Waals surface area contributed by atoms with Crippen LogP contribution in [0.5, 0.6) is 0 Å². The fourth-order valence-electron chi connectivity index (χ4n) is 3.02. The SMILES string of the molecule is CC(C)(C)c1cc(NC(=O)Cc2ccc(-c3cnc4n[nH]c(C#N)c4c3)cc2)no1. The van der Waals surface area contributed by atoms with Crippen LogP contribution in [0.2, 0.25) is 0 Å². The van der Waals surface area contributed by atoms with Crippen LogP contribution in [-0.4, -0.2) is 26.2 Å². The lowest BCUT2D eigenvalue weighted by atomic mass is 9.93.